The van der Waals surface area contributed by atoms with E-state index in [4.69, 9.17) is 0 Å². The minimum Gasteiger partial charge on any atom is -0.384 e. The van der Waals surface area contributed by atoms with Gasteiger partial charge in [-0.2, -0.15) is 0 Å². The van der Waals surface area contributed by atoms with Gasteiger partial charge >= 0.3 is 0 Å². The predicted octanol–water partition coefficient (Wildman–Crippen LogP) is 3.96. The first-order valence-electron chi connectivity index (χ1n) is 6.11. The second-order valence-corrected chi connectivity index (χ2v) is 4.65. The summed E-state index contributed by atoms with van der Waals surface area (Å²) in [6.07, 6.45) is 1.14. The van der Waals surface area contributed by atoms with E-state index in [2.05, 4.69) is 53.8 Å². The van der Waals surface area contributed by atoms with Crippen LogP contribution in [0.15, 0.2) is 48.5 Å². The van der Waals surface area contributed by atoms with Gasteiger partial charge in [0.05, 0.1) is 0 Å². The number of nitrogens with one attached hydrogen (secondary N) is 1. The molecule has 1 aliphatic heterocycles. The zero-order valence-electron chi connectivity index (χ0n) is 9.53. The van der Waals surface area contributed by atoms with Crippen molar-refractivity contribution in [2.45, 2.75) is 6.42 Å². The van der Waals surface area contributed by atoms with Gasteiger partial charge in [-0.05, 0) is 39.6 Å². The average Bonchev–Trinajstić information content (AvgIpc) is 2.86. The first-order valence-corrected chi connectivity index (χ1v) is 6.11. The summed E-state index contributed by atoms with van der Waals surface area (Å²) in [5.74, 6) is 0. The Labute approximate surface area is 100 Å². The van der Waals surface area contributed by atoms with E-state index in [0.717, 1.165) is 13.0 Å². The van der Waals surface area contributed by atoms with Gasteiger partial charge < -0.3 is 5.32 Å². The van der Waals surface area contributed by atoms with E-state index in [1.165, 1.54) is 32.8 Å². The van der Waals surface area contributed by atoms with Crippen molar-refractivity contribution < 1.29 is 0 Å². The average molecular weight is 219 g/mol. The Bertz CT molecular complexity index is 728. The van der Waals surface area contributed by atoms with Crippen LogP contribution in [0.1, 0.15) is 5.56 Å². The van der Waals surface area contributed by atoms with Crippen molar-refractivity contribution in [1.29, 1.82) is 0 Å². The lowest BCUT2D eigenvalue weighted by Crippen LogP contribution is -1.90. The standard InChI is InChI=1S/C16H13N/c1-2-4-12-11(3-1)5-6-14-13(12)7-8-16-15(14)9-10-17-16/h1-8,17H,9-10H2. The van der Waals surface area contributed by atoms with Gasteiger partial charge in [0.1, 0.15) is 0 Å². The molecule has 0 radical (unpaired) electrons. The summed E-state index contributed by atoms with van der Waals surface area (Å²) in [6, 6.07) is 17.6. The Morgan fingerprint density at radius 2 is 1.65 bits per heavy atom. The molecular weight excluding hydrogens is 206 g/mol. The Balaban J connectivity index is 2.22. The molecule has 1 nitrogen and oxygen atoms in total. The van der Waals surface area contributed by atoms with Crippen LogP contribution < -0.4 is 5.32 Å². The van der Waals surface area contributed by atoms with E-state index in [1.54, 1.807) is 0 Å². The van der Waals surface area contributed by atoms with E-state index in [-0.39, 0.29) is 0 Å². The van der Waals surface area contributed by atoms with E-state index >= 15 is 0 Å². The monoisotopic (exact) mass is 219 g/mol. The number of benzene rings is 3. The SMILES string of the molecule is c1ccc2c(c1)ccc1c3c(ccc12)NCC3. The molecule has 1 aliphatic rings. The Morgan fingerprint density at radius 1 is 0.765 bits per heavy atom. The van der Waals surface area contributed by atoms with E-state index in [0.29, 0.717) is 0 Å². The minimum absolute atomic E-state index is 1.07. The molecule has 82 valence electrons. The minimum atomic E-state index is 1.07. The topological polar surface area (TPSA) is 12.0 Å². The molecule has 1 heterocycles. The van der Waals surface area contributed by atoms with Crippen LogP contribution in [0.25, 0.3) is 21.5 Å². The third-order valence-electron chi connectivity index (χ3n) is 3.73. The molecule has 0 spiro atoms. The van der Waals surface area contributed by atoms with Gasteiger partial charge in [0.15, 0.2) is 0 Å². The molecule has 17 heavy (non-hydrogen) atoms. The molecule has 0 fully saturated rings. The second kappa shape index (κ2) is 3.24. The third-order valence-corrected chi connectivity index (χ3v) is 3.73. The summed E-state index contributed by atoms with van der Waals surface area (Å²) in [5.41, 5.74) is 2.79. The van der Waals surface area contributed by atoms with Gasteiger partial charge in [0.25, 0.3) is 0 Å². The summed E-state index contributed by atoms with van der Waals surface area (Å²) in [5, 5.41) is 8.91. The van der Waals surface area contributed by atoms with E-state index < -0.39 is 0 Å². The summed E-state index contributed by atoms with van der Waals surface area (Å²) >= 11 is 0. The molecule has 0 atom stereocenters. The first-order chi connectivity index (χ1) is 8.43. The lowest BCUT2D eigenvalue weighted by molar-refractivity contribution is 1.11. The Hall–Kier alpha value is -2.02. The summed E-state index contributed by atoms with van der Waals surface area (Å²) < 4.78 is 0. The Kier molecular flexibility index (Phi) is 1.72. The normalized spacial score (nSPS) is 13.9. The molecule has 1 N–H and O–H groups in total. The molecule has 0 unspecified atom stereocenters. The lowest BCUT2D eigenvalue weighted by Gasteiger charge is -2.08. The molecule has 4 rings (SSSR count). The number of hydrogen-bond acceptors (Lipinski definition) is 1. The molecule has 0 bridgehead atoms. The van der Waals surface area contributed by atoms with Crippen molar-refractivity contribution in [3.8, 4) is 0 Å². The maximum atomic E-state index is 3.44. The van der Waals surface area contributed by atoms with Crippen LogP contribution in [0.2, 0.25) is 0 Å². The van der Waals surface area contributed by atoms with Gasteiger partial charge in [-0.1, -0.05) is 42.5 Å². The smallest absolute Gasteiger partial charge is 0.0379 e. The number of rotatable bonds is 0. The number of anilines is 1. The van der Waals surface area contributed by atoms with Gasteiger partial charge in [0.2, 0.25) is 0 Å². The highest BCUT2D eigenvalue weighted by Crippen LogP contribution is 2.34. The zero-order chi connectivity index (χ0) is 11.2. The summed E-state index contributed by atoms with van der Waals surface area (Å²) in [7, 11) is 0. The van der Waals surface area contributed by atoms with Crippen molar-refractivity contribution >= 4 is 27.2 Å². The molecule has 0 saturated heterocycles. The maximum Gasteiger partial charge on any atom is 0.0379 e. The van der Waals surface area contributed by atoms with Crippen molar-refractivity contribution in [3.63, 3.8) is 0 Å². The zero-order valence-corrected chi connectivity index (χ0v) is 9.53. The molecule has 3 aromatic carbocycles. The van der Waals surface area contributed by atoms with Crippen LogP contribution in [0.3, 0.4) is 0 Å². The molecule has 0 aromatic heterocycles. The fourth-order valence-corrected chi connectivity index (χ4v) is 2.91. The van der Waals surface area contributed by atoms with Gasteiger partial charge in [0, 0.05) is 12.2 Å². The molecule has 0 saturated carbocycles. The highest BCUT2D eigenvalue weighted by Gasteiger charge is 2.13. The summed E-state index contributed by atoms with van der Waals surface area (Å²) in [6.45, 7) is 1.07. The lowest BCUT2D eigenvalue weighted by atomic mass is 9.97. The highest BCUT2D eigenvalue weighted by molar-refractivity contribution is 6.09. The van der Waals surface area contributed by atoms with Crippen molar-refractivity contribution in [2.75, 3.05) is 11.9 Å². The third kappa shape index (κ3) is 1.19. The van der Waals surface area contributed by atoms with Crippen LogP contribution >= 0.6 is 0 Å². The van der Waals surface area contributed by atoms with Crippen molar-refractivity contribution in [2.24, 2.45) is 0 Å². The predicted molar refractivity (Wildman–Crippen MR) is 73.6 cm³/mol. The fourth-order valence-electron chi connectivity index (χ4n) is 2.91. The van der Waals surface area contributed by atoms with Crippen LogP contribution in [-0.4, -0.2) is 6.54 Å². The van der Waals surface area contributed by atoms with Crippen LogP contribution in [-0.2, 0) is 6.42 Å². The van der Waals surface area contributed by atoms with E-state index in [1.807, 2.05) is 0 Å². The largest absolute Gasteiger partial charge is 0.384 e. The second-order valence-electron chi connectivity index (χ2n) is 4.65. The number of fused-ring (bicyclic) bond motifs is 5. The molecule has 0 aliphatic carbocycles. The Morgan fingerprint density at radius 3 is 2.65 bits per heavy atom. The quantitative estimate of drug-likeness (QED) is 0.564. The van der Waals surface area contributed by atoms with Gasteiger partial charge in [-0.25, -0.2) is 0 Å². The molecule has 0 amide bonds. The van der Waals surface area contributed by atoms with Crippen LogP contribution in [0.4, 0.5) is 5.69 Å². The van der Waals surface area contributed by atoms with E-state index in [9.17, 15) is 0 Å². The molecule has 3 aromatic rings. The van der Waals surface area contributed by atoms with Crippen LogP contribution in [0.5, 0.6) is 0 Å². The fraction of sp³-hybridized carbons (Fsp3) is 0.125. The van der Waals surface area contributed by atoms with Gasteiger partial charge in [-0.3, -0.25) is 0 Å². The van der Waals surface area contributed by atoms with Crippen molar-refractivity contribution in [1.82, 2.24) is 0 Å². The van der Waals surface area contributed by atoms with Crippen LogP contribution in [0, 0.1) is 0 Å². The van der Waals surface area contributed by atoms with Gasteiger partial charge in [-0.15, -0.1) is 0 Å². The maximum absolute atomic E-state index is 3.44. The molecule has 1 heteroatoms. The number of hydrogen-bond donors (Lipinski definition) is 1. The first kappa shape index (κ1) is 9.06. The summed E-state index contributed by atoms with van der Waals surface area (Å²) in [4.78, 5) is 0. The van der Waals surface area contributed by atoms with Crippen molar-refractivity contribution in [3.05, 3.63) is 54.1 Å². The molecular formula is C16H13N. The highest BCUT2D eigenvalue weighted by atomic mass is 14.9.